The largest absolute Gasteiger partial charge is 0.493 e. The molecule has 0 unspecified atom stereocenters. The Labute approximate surface area is 336 Å². The molecule has 58 heavy (non-hydrogen) atoms. The molecule has 0 radical (unpaired) electrons. The summed E-state index contributed by atoms with van der Waals surface area (Å²) in [5, 5.41) is 31.9. The molecule has 0 fully saturated rings. The van der Waals surface area contributed by atoms with Gasteiger partial charge in [0.05, 0.1) is 29.3 Å². The molecular formula is C41H35ClN6O10. The second-order valence-electron chi connectivity index (χ2n) is 12.3. The van der Waals surface area contributed by atoms with E-state index in [4.69, 9.17) is 21.1 Å². The van der Waals surface area contributed by atoms with Crippen LogP contribution in [0.25, 0.3) is 0 Å². The fraction of sp³-hybridized carbons (Fsp3) is 0.146. The Balaban J connectivity index is 0.000000458. The molecule has 0 saturated heterocycles. The third-order valence-corrected chi connectivity index (χ3v) is 8.71. The number of nitro groups is 2. The second kappa shape index (κ2) is 19.4. The number of anilines is 2. The van der Waals surface area contributed by atoms with Gasteiger partial charge in [-0.2, -0.15) is 5.10 Å². The molecule has 6 rings (SSSR count). The lowest BCUT2D eigenvalue weighted by Gasteiger charge is -2.24. The van der Waals surface area contributed by atoms with E-state index in [9.17, 15) is 39.4 Å². The van der Waals surface area contributed by atoms with Crippen molar-refractivity contribution in [1.82, 2.24) is 5.01 Å². The number of carbonyl (C=O) groups is 4. The number of benzene rings is 5. The van der Waals surface area contributed by atoms with E-state index in [0.29, 0.717) is 47.2 Å². The lowest BCUT2D eigenvalue weighted by molar-refractivity contribution is -0.385. The fourth-order valence-corrected chi connectivity index (χ4v) is 5.65. The van der Waals surface area contributed by atoms with Crippen molar-refractivity contribution in [2.75, 3.05) is 30.9 Å². The average molecular weight is 807 g/mol. The maximum Gasteiger partial charge on any atom is 0.273 e. The number of carbonyl (C=O) groups excluding carboxylic acids is 4. The van der Waals surface area contributed by atoms with Crippen LogP contribution in [0.1, 0.15) is 66.8 Å². The summed E-state index contributed by atoms with van der Waals surface area (Å²) in [6.07, 6.45) is 1.48. The highest BCUT2D eigenvalue weighted by atomic mass is 35.5. The second-order valence-corrected chi connectivity index (χ2v) is 12.7. The van der Waals surface area contributed by atoms with E-state index in [-0.39, 0.29) is 34.3 Å². The number of nitrogens with zero attached hydrogens (tertiary/aromatic N) is 4. The van der Waals surface area contributed by atoms with Crippen molar-refractivity contribution in [3.05, 3.63) is 163 Å². The zero-order valence-electron chi connectivity index (χ0n) is 31.0. The molecule has 1 aliphatic rings. The Hall–Kier alpha value is -7.46. The van der Waals surface area contributed by atoms with Gasteiger partial charge in [0.15, 0.2) is 11.5 Å². The summed E-state index contributed by atoms with van der Waals surface area (Å²) < 4.78 is 11.1. The number of halogens is 1. The van der Waals surface area contributed by atoms with E-state index >= 15 is 0 Å². The van der Waals surface area contributed by atoms with Crippen LogP contribution in [0.3, 0.4) is 0 Å². The van der Waals surface area contributed by atoms with Crippen molar-refractivity contribution >= 4 is 63.0 Å². The minimum absolute atomic E-state index is 0.0586. The number of nitrogens with one attached hydrogen (secondary N) is 2. The van der Waals surface area contributed by atoms with Gasteiger partial charge in [-0.25, -0.2) is 5.01 Å². The highest BCUT2D eigenvalue weighted by Gasteiger charge is 2.22. The standard InChI is InChI=1S/C34H31N5O7.C7H4ClNO3/c1-3-46-31-21-25(12-19-30(31)45-2)29-5-4-20-38(37-29)34(42)24-8-15-27(16-9-24)36-32(40)22-6-13-26(14-7-22)35-33(41)23-10-17-28(18-11-23)39(43)44;8-7(10)5-1-3-6(4-2-5)9(11)12/h6-19,21H,3-5,20H2,1-2H3,(H,35,41)(H,36,40);1-4H. The number of rotatable bonds is 12. The average Bonchev–Trinajstić information content (AvgIpc) is 3.24. The highest BCUT2D eigenvalue weighted by Crippen LogP contribution is 2.30. The molecule has 2 N–H and O–H groups in total. The number of methoxy groups -OCH3 is 1. The van der Waals surface area contributed by atoms with Crippen LogP contribution in [0.2, 0.25) is 0 Å². The van der Waals surface area contributed by atoms with E-state index in [1.807, 2.05) is 25.1 Å². The number of nitro benzene ring substituents is 2. The Bertz CT molecular complexity index is 2320. The van der Waals surface area contributed by atoms with Gasteiger partial charge >= 0.3 is 0 Å². The van der Waals surface area contributed by atoms with Crippen LogP contribution in [0, 0.1) is 20.2 Å². The van der Waals surface area contributed by atoms with Gasteiger partial charge in [0.2, 0.25) is 0 Å². The van der Waals surface area contributed by atoms with Gasteiger partial charge in [-0.15, -0.1) is 0 Å². The molecule has 0 aromatic heterocycles. The van der Waals surface area contributed by atoms with Crippen molar-refractivity contribution in [2.24, 2.45) is 5.10 Å². The number of hydrogen-bond donors (Lipinski definition) is 2. The van der Waals surface area contributed by atoms with Crippen LogP contribution in [0.4, 0.5) is 22.7 Å². The first kappa shape index (κ1) is 41.7. The number of ether oxygens (including phenoxy) is 2. The van der Waals surface area contributed by atoms with Gasteiger partial charge in [-0.05, 0) is 122 Å². The maximum absolute atomic E-state index is 13.3. The lowest BCUT2D eigenvalue weighted by Crippen LogP contribution is -2.32. The zero-order chi connectivity index (χ0) is 41.8. The molecular weight excluding hydrogens is 772 g/mol. The van der Waals surface area contributed by atoms with Gasteiger partial charge in [-0.1, -0.05) is 0 Å². The Morgan fingerprint density at radius 3 is 1.66 bits per heavy atom. The summed E-state index contributed by atoms with van der Waals surface area (Å²) in [4.78, 5) is 69.0. The van der Waals surface area contributed by atoms with Crippen molar-refractivity contribution in [3.63, 3.8) is 0 Å². The van der Waals surface area contributed by atoms with Crippen LogP contribution in [0.15, 0.2) is 120 Å². The summed E-state index contributed by atoms with van der Waals surface area (Å²) in [7, 11) is 1.58. The lowest BCUT2D eigenvalue weighted by atomic mass is 10.0. The smallest absolute Gasteiger partial charge is 0.273 e. The maximum atomic E-state index is 13.3. The van der Waals surface area contributed by atoms with Crippen molar-refractivity contribution < 1.29 is 38.5 Å². The van der Waals surface area contributed by atoms with E-state index < -0.39 is 21.0 Å². The van der Waals surface area contributed by atoms with Gasteiger partial charge in [0, 0.05) is 70.0 Å². The summed E-state index contributed by atoms with van der Waals surface area (Å²) in [6.45, 7) is 2.88. The molecule has 3 amide bonds. The van der Waals surface area contributed by atoms with Crippen LogP contribution < -0.4 is 20.1 Å². The minimum atomic E-state index is -0.620. The first-order chi connectivity index (χ1) is 27.9. The number of amides is 3. The van der Waals surface area contributed by atoms with E-state index in [1.165, 1.54) is 53.5 Å². The monoisotopic (exact) mass is 806 g/mol. The zero-order valence-corrected chi connectivity index (χ0v) is 31.8. The van der Waals surface area contributed by atoms with Crippen LogP contribution in [0.5, 0.6) is 11.5 Å². The topological polar surface area (TPSA) is 213 Å². The first-order valence-electron chi connectivity index (χ1n) is 17.6. The predicted molar refractivity (Wildman–Crippen MR) is 216 cm³/mol. The molecule has 17 heteroatoms. The van der Waals surface area contributed by atoms with Gasteiger partial charge in [0.25, 0.3) is 34.3 Å². The van der Waals surface area contributed by atoms with E-state index in [1.54, 1.807) is 55.6 Å². The molecule has 296 valence electrons. The van der Waals surface area contributed by atoms with Crippen molar-refractivity contribution in [1.29, 1.82) is 0 Å². The summed E-state index contributed by atoms with van der Waals surface area (Å²) in [6, 6.07) is 28.8. The number of hydrazone groups is 1. The number of non-ortho nitro benzene ring substituents is 2. The highest BCUT2D eigenvalue weighted by molar-refractivity contribution is 6.67. The quantitative estimate of drug-likeness (QED) is 0.0702. The molecule has 16 nitrogen and oxygen atoms in total. The SMILES string of the molecule is CCOc1cc(C2=NN(C(=O)c3ccc(NC(=O)c4ccc(NC(=O)c5ccc([N+](=O)[O-])cc5)cc4)cc3)CCC2)ccc1OC.O=C(Cl)c1ccc([N+](=O)[O-])cc1. The molecule has 1 heterocycles. The molecule has 0 aliphatic carbocycles. The summed E-state index contributed by atoms with van der Waals surface area (Å²) in [5.74, 6) is 0.186. The minimum Gasteiger partial charge on any atom is -0.493 e. The summed E-state index contributed by atoms with van der Waals surface area (Å²) >= 11 is 5.13. The fourth-order valence-electron chi connectivity index (χ4n) is 5.52. The third-order valence-electron chi connectivity index (χ3n) is 8.50. The third kappa shape index (κ3) is 10.9. The van der Waals surface area contributed by atoms with Crippen LogP contribution in [-0.4, -0.2) is 63.8 Å². The van der Waals surface area contributed by atoms with Crippen LogP contribution in [-0.2, 0) is 0 Å². The molecule has 1 aliphatic heterocycles. The van der Waals surface area contributed by atoms with Gasteiger partial charge in [0.1, 0.15) is 0 Å². The number of hydrogen-bond acceptors (Lipinski definition) is 11. The van der Waals surface area contributed by atoms with Crippen molar-refractivity contribution in [2.45, 2.75) is 19.8 Å². The molecule has 5 aromatic rings. The normalized spacial score (nSPS) is 11.8. The van der Waals surface area contributed by atoms with Gasteiger partial charge < -0.3 is 20.1 Å². The molecule has 0 saturated carbocycles. The summed E-state index contributed by atoms with van der Waals surface area (Å²) in [5.41, 5.74) is 3.73. The Morgan fingerprint density at radius 2 is 1.19 bits per heavy atom. The van der Waals surface area contributed by atoms with Crippen LogP contribution >= 0.6 is 11.6 Å². The Morgan fingerprint density at radius 1 is 0.707 bits per heavy atom. The first-order valence-corrected chi connectivity index (χ1v) is 18.0. The predicted octanol–water partition coefficient (Wildman–Crippen LogP) is 8.12. The van der Waals surface area contributed by atoms with E-state index in [0.717, 1.165) is 24.1 Å². The molecule has 0 bridgehead atoms. The van der Waals surface area contributed by atoms with Crippen molar-refractivity contribution in [3.8, 4) is 11.5 Å². The molecule has 0 spiro atoms. The molecule has 0 atom stereocenters. The van der Waals surface area contributed by atoms with Gasteiger partial charge in [-0.3, -0.25) is 39.4 Å². The molecule has 5 aromatic carbocycles. The Kier molecular flexibility index (Phi) is 14.0. The van der Waals surface area contributed by atoms with E-state index in [2.05, 4.69) is 15.7 Å².